The first-order valence-electron chi connectivity index (χ1n) is 12.7. The van der Waals surface area contributed by atoms with Crippen LogP contribution in [0.25, 0.3) is 6.08 Å². The van der Waals surface area contributed by atoms with Gasteiger partial charge in [-0.1, -0.05) is 73.9 Å². The molecule has 1 aliphatic heterocycles. The van der Waals surface area contributed by atoms with Gasteiger partial charge in [-0.2, -0.15) is 0 Å². The number of fused-ring (bicyclic) bond motifs is 1. The zero-order valence-electron chi connectivity index (χ0n) is 20.9. The Kier molecular flexibility index (Phi) is 6.90. The summed E-state index contributed by atoms with van der Waals surface area (Å²) in [5.41, 5.74) is 4.41. The van der Waals surface area contributed by atoms with Crippen LogP contribution in [0, 0.1) is 12.8 Å². The smallest absolute Gasteiger partial charge is 0.294 e. The van der Waals surface area contributed by atoms with Crippen molar-refractivity contribution < 1.29 is 14.3 Å². The van der Waals surface area contributed by atoms with Gasteiger partial charge in [0.25, 0.3) is 11.8 Å². The molecular formula is C31H32N2O3. The molecule has 0 radical (unpaired) electrons. The molecule has 1 aliphatic carbocycles. The van der Waals surface area contributed by atoms with E-state index in [1.165, 1.54) is 18.4 Å². The maximum absolute atomic E-state index is 13.5. The predicted octanol–water partition coefficient (Wildman–Crippen LogP) is 6.27. The van der Waals surface area contributed by atoms with E-state index in [9.17, 15) is 9.59 Å². The first kappa shape index (κ1) is 23.9. The number of benzene rings is 3. The van der Waals surface area contributed by atoms with E-state index >= 15 is 0 Å². The molecule has 1 saturated carbocycles. The zero-order valence-corrected chi connectivity index (χ0v) is 20.9. The summed E-state index contributed by atoms with van der Waals surface area (Å²) in [5.74, 6) is 1.17. The van der Waals surface area contributed by atoms with E-state index in [1.807, 2.05) is 55.5 Å². The SMILES string of the molecule is Cc1ccc(CN2C(=O)/C(=C\c3ccc(C(=O)NC4CCCCC4C)cc3)Oc3ccccc32)cc1. The minimum atomic E-state index is -0.192. The van der Waals surface area contributed by atoms with Gasteiger partial charge in [-0.15, -0.1) is 0 Å². The second kappa shape index (κ2) is 10.4. The molecule has 2 atom stereocenters. The quantitative estimate of drug-likeness (QED) is 0.438. The second-order valence-corrected chi connectivity index (χ2v) is 9.92. The summed E-state index contributed by atoms with van der Waals surface area (Å²) in [6.45, 7) is 4.71. The van der Waals surface area contributed by atoms with Gasteiger partial charge in [0.2, 0.25) is 0 Å². The molecule has 2 unspecified atom stereocenters. The highest BCUT2D eigenvalue weighted by atomic mass is 16.5. The summed E-state index contributed by atoms with van der Waals surface area (Å²) in [6, 6.07) is 23.3. The summed E-state index contributed by atoms with van der Waals surface area (Å²) < 4.78 is 6.02. The third kappa shape index (κ3) is 5.20. The summed E-state index contributed by atoms with van der Waals surface area (Å²) in [4.78, 5) is 28.0. The third-order valence-corrected chi connectivity index (χ3v) is 7.19. The summed E-state index contributed by atoms with van der Waals surface area (Å²) in [5, 5.41) is 3.20. The van der Waals surface area contributed by atoms with Crippen LogP contribution in [0.4, 0.5) is 5.69 Å². The van der Waals surface area contributed by atoms with E-state index in [-0.39, 0.29) is 23.6 Å². The number of amides is 2. The lowest BCUT2D eigenvalue weighted by atomic mass is 9.86. The molecule has 0 aromatic heterocycles. The van der Waals surface area contributed by atoms with Gasteiger partial charge in [-0.05, 0) is 67.2 Å². The minimum Gasteiger partial charge on any atom is -0.449 e. The van der Waals surface area contributed by atoms with Gasteiger partial charge in [-0.25, -0.2) is 0 Å². The van der Waals surface area contributed by atoms with Crippen molar-refractivity contribution in [2.24, 2.45) is 5.92 Å². The number of rotatable bonds is 5. The van der Waals surface area contributed by atoms with E-state index in [0.717, 1.165) is 29.7 Å². The highest BCUT2D eigenvalue weighted by Gasteiger charge is 2.30. The maximum atomic E-state index is 13.5. The molecule has 3 aromatic rings. The van der Waals surface area contributed by atoms with Crippen LogP contribution in [0.2, 0.25) is 0 Å². The van der Waals surface area contributed by atoms with Crippen molar-refractivity contribution in [1.29, 1.82) is 0 Å². The predicted molar refractivity (Wildman–Crippen MR) is 143 cm³/mol. The van der Waals surface area contributed by atoms with Crippen LogP contribution in [-0.4, -0.2) is 17.9 Å². The van der Waals surface area contributed by atoms with E-state index in [0.29, 0.717) is 23.8 Å². The Labute approximate surface area is 212 Å². The van der Waals surface area contributed by atoms with Crippen LogP contribution in [0.3, 0.4) is 0 Å². The topological polar surface area (TPSA) is 58.6 Å². The molecular weight excluding hydrogens is 448 g/mol. The number of aryl methyl sites for hydroxylation is 1. The lowest BCUT2D eigenvalue weighted by Crippen LogP contribution is -2.41. The van der Waals surface area contributed by atoms with Gasteiger partial charge in [0, 0.05) is 11.6 Å². The van der Waals surface area contributed by atoms with Gasteiger partial charge < -0.3 is 10.1 Å². The number of hydrogen-bond acceptors (Lipinski definition) is 3. The van der Waals surface area contributed by atoms with Crippen molar-refractivity contribution in [1.82, 2.24) is 5.32 Å². The first-order valence-corrected chi connectivity index (χ1v) is 12.7. The van der Waals surface area contributed by atoms with Crippen LogP contribution in [0.5, 0.6) is 5.75 Å². The fourth-order valence-electron chi connectivity index (χ4n) is 4.96. The van der Waals surface area contributed by atoms with Crippen molar-refractivity contribution >= 4 is 23.6 Å². The number of hydrogen-bond donors (Lipinski definition) is 1. The highest BCUT2D eigenvalue weighted by molar-refractivity contribution is 6.09. The fraction of sp³-hybridized carbons (Fsp3) is 0.290. The molecule has 3 aromatic carbocycles. The molecule has 0 saturated heterocycles. The summed E-state index contributed by atoms with van der Waals surface area (Å²) in [6.07, 6.45) is 6.35. The molecule has 5 nitrogen and oxygen atoms in total. The number of nitrogens with zero attached hydrogens (tertiary/aromatic N) is 1. The van der Waals surface area contributed by atoms with Gasteiger partial charge >= 0.3 is 0 Å². The Balaban J connectivity index is 1.35. The van der Waals surface area contributed by atoms with Crippen molar-refractivity contribution in [3.63, 3.8) is 0 Å². The standard InChI is InChI=1S/C31H32N2O3/c1-21-11-13-24(14-12-21)20-33-27-9-5-6-10-28(27)36-29(31(33)35)19-23-15-17-25(18-16-23)30(34)32-26-8-4-3-7-22(26)2/h5-6,9-19,22,26H,3-4,7-8,20H2,1-2H3,(H,32,34)/b29-19+. The molecule has 5 heteroatoms. The van der Waals surface area contributed by atoms with Gasteiger partial charge in [0.05, 0.1) is 12.2 Å². The van der Waals surface area contributed by atoms with E-state index < -0.39 is 0 Å². The van der Waals surface area contributed by atoms with Gasteiger partial charge in [0.15, 0.2) is 11.5 Å². The molecule has 184 valence electrons. The molecule has 1 heterocycles. The Morgan fingerprint density at radius 1 is 1.00 bits per heavy atom. The molecule has 0 bridgehead atoms. The molecule has 2 aliphatic rings. The average Bonchev–Trinajstić information content (AvgIpc) is 2.89. The number of ether oxygens (including phenoxy) is 1. The zero-order chi connectivity index (χ0) is 25.1. The van der Waals surface area contributed by atoms with E-state index in [1.54, 1.807) is 23.1 Å². The second-order valence-electron chi connectivity index (χ2n) is 9.92. The molecule has 1 N–H and O–H groups in total. The van der Waals surface area contributed by atoms with Crippen LogP contribution in [0.1, 0.15) is 59.7 Å². The summed E-state index contributed by atoms with van der Waals surface area (Å²) in [7, 11) is 0. The Hall–Kier alpha value is -3.86. The van der Waals surface area contributed by atoms with E-state index in [4.69, 9.17) is 4.74 Å². The van der Waals surface area contributed by atoms with Crippen LogP contribution < -0.4 is 15.0 Å². The number of carbonyl (C=O) groups is 2. The average molecular weight is 481 g/mol. The van der Waals surface area contributed by atoms with Crippen LogP contribution in [-0.2, 0) is 11.3 Å². The number of nitrogens with one attached hydrogen (secondary N) is 1. The lowest BCUT2D eigenvalue weighted by Gasteiger charge is -2.30. The van der Waals surface area contributed by atoms with Crippen molar-refractivity contribution in [2.75, 3.05) is 4.90 Å². The number of anilines is 1. The maximum Gasteiger partial charge on any atom is 0.294 e. The van der Waals surface area contributed by atoms with Gasteiger partial charge in [-0.3, -0.25) is 14.5 Å². The number of carbonyl (C=O) groups excluding carboxylic acids is 2. The molecule has 36 heavy (non-hydrogen) atoms. The van der Waals surface area contributed by atoms with Crippen molar-refractivity contribution in [3.8, 4) is 5.75 Å². The van der Waals surface area contributed by atoms with Crippen LogP contribution >= 0.6 is 0 Å². The normalized spacial score (nSPS) is 20.6. The Morgan fingerprint density at radius 2 is 1.72 bits per heavy atom. The van der Waals surface area contributed by atoms with Crippen LogP contribution in [0.15, 0.2) is 78.6 Å². The first-order chi connectivity index (χ1) is 17.5. The summed E-state index contributed by atoms with van der Waals surface area (Å²) >= 11 is 0. The Bertz CT molecular complexity index is 1280. The Morgan fingerprint density at radius 3 is 2.47 bits per heavy atom. The largest absolute Gasteiger partial charge is 0.449 e. The third-order valence-electron chi connectivity index (χ3n) is 7.19. The van der Waals surface area contributed by atoms with Crippen molar-refractivity contribution in [3.05, 3.63) is 101 Å². The fourth-order valence-corrected chi connectivity index (χ4v) is 4.96. The monoisotopic (exact) mass is 480 g/mol. The minimum absolute atomic E-state index is 0.0452. The highest BCUT2D eigenvalue weighted by Crippen LogP contribution is 2.36. The molecule has 1 fully saturated rings. The van der Waals surface area contributed by atoms with Gasteiger partial charge in [0.1, 0.15) is 0 Å². The van der Waals surface area contributed by atoms with E-state index in [2.05, 4.69) is 24.4 Å². The number of para-hydroxylation sites is 2. The van der Waals surface area contributed by atoms with Crippen molar-refractivity contribution in [2.45, 2.75) is 52.1 Å². The molecule has 2 amide bonds. The molecule has 5 rings (SSSR count). The lowest BCUT2D eigenvalue weighted by molar-refractivity contribution is -0.117. The molecule has 0 spiro atoms.